The fraction of sp³-hybridized carbons (Fsp3) is 0.500. The van der Waals surface area contributed by atoms with Crippen LogP contribution in [0.5, 0.6) is 11.5 Å². The number of rotatable bonds is 0. The average molecular weight is 320 g/mol. The van der Waals surface area contributed by atoms with Crippen LogP contribution in [-0.2, 0) is 9.47 Å². The maximum atomic E-state index is 12.8. The molecule has 7 nitrogen and oxygen atoms in total. The van der Waals surface area contributed by atoms with E-state index in [2.05, 4.69) is 0 Å². The zero-order valence-electron chi connectivity index (χ0n) is 12.2. The quantitative estimate of drug-likeness (QED) is 0.600. The molecule has 4 rings (SSSR count). The van der Waals surface area contributed by atoms with E-state index in [1.807, 2.05) is 0 Å². The molecule has 0 radical (unpaired) electrons. The second-order valence-corrected chi connectivity index (χ2v) is 6.30. The molecule has 1 aromatic carbocycles. The summed E-state index contributed by atoms with van der Waals surface area (Å²) in [6.07, 6.45) is -0.867. The molecule has 3 unspecified atom stereocenters. The Labute approximate surface area is 131 Å². The number of Topliss-reactive ketones (excluding diaryl/α,β-unsaturated/α-hetero) is 2. The lowest BCUT2D eigenvalue weighted by atomic mass is 9.64. The van der Waals surface area contributed by atoms with Gasteiger partial charge >= 0.3 is 0 Å². The summed E-state index contributed by atoms with van der Waals surface area (Å²) < 4.78 is 11.1. The van der Waals surface area contributed by atoms with Gasteiger partial charge in [0.15, 0.2) is 17.4 Å². The minimum atomic E-state index is -1.11. The van der Waals surface area contributed by atoms with Gasteiger partial charge in [0.1, 0.15) is 11.5 Å². The summed E-state index contributed by atoms with van der Waals surface area (Å²) in [7, 11) is 0. The highest BCUT2D eigenvalue weighted by Crippen LogP contribution is 2.49. The highest BCUT2D eigenvalue weighted by atomic mass is 16.7. The summed E-state index contributed by atoms with van der Waals surface area (Å²) in [5.41, 5.74) is -0.391. The molecule has 122 valence electrons. The molecule has 1 aromatic rings. The second kappa shape index (κ2) is 4.77. The predicted octanol–water partition coefficient (Wildman–Crippen LogP) is 0.607. The van der Waals surface area contributed by atoms with Gasteiger partial charge in [0.25, 0.3) is 0 Å². The third kappa shape index (κ3) is 1.94. The largest absolute Gasteiger partial charge is 0.507 e. The van der Waals surface area contributed by atoms with Crippen molar-refractivity contribution in [3.05, 3.63) is 23.3 Å². The van der Waals surface area contributed by atoms with Gasteiger partial charge in [-0.1, -0.05) is 0 Å². The van der Waals surface area contributed by atoms with E-state index in [0.29, 0.717) is 13.2 Å². The summed E-state index contributed by atoms with van der Waals surface area (Å²) in [4.78, 5) is 25.5. The van der Waals surface area contributed by atoms with E-state index < -0.39 is 35.3 Å². The minimum absolute atomic E-state index is 0.0993. The van der Waals surface area contributed by atoms with Crippen LogP contribution >= 0.6 is 0 Å². The van der Waals surface area contributed by atoms with Crippen molar-refractivity contribution in [1.82, 2.24) is 0 Å². The normalized spacial score (nSPS) is 32.0. The van der Waals surface area contributed by atoms with E-state index in [4.69, 9.17) is 9.47 Å². The molecule has 0 amide bonds. The number of carbonyl (C=O) groups is 2. The molecule has 1 saturated heterocycles. The van der Waals surface area contributed by atoms with Crippen LogP contribution in [-0.4, -0.2) is 52.0 Å². The highest BCUT2D eigenvalue weighted by Gasteiger charge is 2.57. The summed E-state index contributed by atoms with van der Waals surface area (Å²) in [6.45, 7) is 0.740. The van der Waals surface area contributed by atoms with E-state index in [0.717, 1.165) is 0 Å². The Hall–Kier alpha value is -1.96. The molecule has 2 aliphatic carbocycles. The molecule has 7 heteroatoms. The number of aliphatic hydroxyl groups excluding tert-OH is 1. The fourth-order valence-corrected chi connectivity index (χ4v) is 4.04. The van der Waals surface area contributed by atoms with Crippen LogP contribution < -0.4 is 0 Å². The van der Waals surface area contributed by atoms with Crippen molar-refractivity contribution < 1.29 is 34.4 Å². The summed E-state index contributed by atoms with van der Waals surface area (Å²) in [6, 6.07) is 2.34. The second-order valence-electron chi connectivity index (χ2n) is 6.30. The first-order valence-corrected chi connectivity index (χ1v) is 7.53. The van der Waals surface area contributed by atoms with Crippen molar-refractivity contribution in [2.24, 2.45) is 11.8 Å². The van der Waals surface area contributed by atoms with Crippen molar-refractivity contribution in [3.63, 3.8) is 0 Å². The number of hydrogen-bond acceptors (Lipinski definition) is 7. The van der Waals surface area contributed by atoms with E-state index in [-0.39, 0.29) is 35.5 Å². The number of phenols is 2. The van der Waals surface area contributed by atoms with Crippen LogP contribution in [0, 0.1) is 11.8 Å². The zero-order valence-corrected chi connectivity index (χ0v) is 12.2. The molecule has 1 aliphatic heterocycles. The van der Waals surface area contributed by atoms with Gasteiger partial charge in [0, 0.05) is 18.8 Å². The number of aromatic hydroxyl groups is 2. The van der Waals surface area contributed by atoms with Gasteiger partial charge in [-0.2, -0.15) is 0 Å². The number of carbonyl (C=O) groups excluding carboxylic acids is 2. The first kappa shape index (κ1) is 14.6. The van der Waals surface area contributed by atoms with Gasteiger partial charge in [0.2, 0.25) is 0 Å². The molecule has 1 saturated carbocycles. The molecule has 0 aromatic heterocycles. The van der Waals surface area contributed by atoms with E-state index in [9.17, 15) is 24.9 Å². The third-order valence-corrected chi connectivity index (χ3v) is 5.01. The summed E-state index contributed by atoms with van der Waals surface area (Å²) in [5.74, 6) is -4.58. The Morgan fingerprint density at radius 1 is 0.957 bits per heavy atom. The number of benzene rings is 1. The van der Waals surface area contributed by atoms with Crippen molar-refractivity contribution in [2.75, 3.05) is 13.2 Å². The van der Waals surface area contributed by atoms with E-state index >= 15 is 0 Å². The topological polar surface area (TPSA) is 113 Å². The SMILES string of the molecule is O=C1c2c(O)ccc(O)c2C(=O)C2C(O)CC3(CC12)OCCO3. The maximum absolute atomic E-state index is 12.8. The van der Waals surface area contributed by atoms with Crippen LogP contribution in [0.4, 0.5) is 0 Å². The van der Waals surface area contributed by atoms with Gasteiger partial charge in [0.05, 0.1) is 36.4 Å². The molecule has 1 spiro atoms. The fourth-order valence-electron chi connectivity index (χ4n) is 4.04. The molecule has 3 aliphatic rings. The molecule has 3 atom stereocenters. The lowest BCUT2D eigenvalue weighted by Gasteiger charge is -2.44. The van der Waals surface area contributed by atoms with E-state index in [1.165, 1.54) is 12.1 Å². The Bertz CT molecular complexity index is 705. The number of ketones is 2. The molecule has 23 heavy (non-hydrogen) atoms. The lowest BCUT2D eigenvalue weighted by Crippen LogP contribution is -2.54. The Morgan fingerprint density at radius 3 is 2.13 bits per heavy atom. The minimum Gasteiger partial charge on any atom is -0.507 e. The van der Waals surface area contributed by atoms with Crippen LogP contribution in [0.25, 0.3) is 0 Å². The molecular formula is C16H16O7. The van der Waals surface area contributed by atoms with Crippen LogP contribution in [0.2, 0.25) is 0 Å². The Morgan fingerprint density at radius 2 is 1.52 bits per heavy atom. The monoisotopic (exact) mass is 320 g/mol. The predicted molar refractivity (Wildman–Crippen MR) is 75.3 cm³/mol. The number of aliphatic hydroxyl groups is 1. The third-order valence-electron chi connectivity index (χ3n) is 5.01. The van der Waals surface area contributed by atoms with Gasteiger partial charge in [-0.3, -0.25) is 9.59 Å². The molecular weight excluding hydrogens is 304 g/mol. The van der Waals surface area contributed by atoms with Crippen molar-refractivity contribution in [1.29, 1.82) is 0 Å². The standard InChI is InChI=1S/C16H16O7/c17-8-1-2-9(18)13-12(8)14(20)7-5-16(22-3-4-23-16)6-10(19)11(7)15(13)21/h1-2,7,10-11,17-19H,3-6H2. The molecule has 0 bridgehead atoms. The van der Waals surface area contributed by atoms with Crippen molar-refractivity contribution in [3.8, 4) is 11.5 Å². The van der Waals surface area contributed by atoms with Crippen molar-refractivity contribution in [2.45, 2.75) is 24.7 Å². The average Bonchev–Trinajstić information content (AvgIpc) is 2.94. The lowest BCUT2D eigenvalue weighted by molar-refractivity contribution is -0.209. The van der Waals surface area contributed by atoms with Gasteiger partial charge < -0.3 is 24.8 Å². The van der Waals surface area contributed by atoms with Gasteiger partial charge in [-0.15, -0.1) is 0 Å². The first-order valence-electron chi connectivity index (χ1n) is 7.53. The number of phenolic OH excluding ortho intramolecular Hbond substituents is 2. The first-order chi connectivity index (χ1) is 10.9. The Balaban J connectivity index is 1.84. The van der Waals surface area contributed by atoms with Crippen LogP contribution in [0.3, 0.4) is 0 Å². The molecule has 1 heterocycles. The zero-order chi connectivity index (χ0) is 16.4. The molecule has 2 fully saturated rings. The van der Waals surface area contributed by atoms with Crippen molar-refractivity contribution >= 4 is 11.6 Å². The number of hydrogen-bond donors (Lipinski definition) is 3. The number of fused-ring (bicyclic) bond motifs is 2. The maximum Gasteiger partial charge on any atom is 0.173 e. The summed E-state index contributed by atoms with van der Waals surface area (Å²) in [5, 5.41) is 30.3. The number of ether oxygens (including phenoxy) is 2. The van der Waals surface area contributed by atoms with Crippen LogP contribution in [0.15, 0.2) is 12.1 Å². The smallest absolute Gasteiger partial charge is 0.173 e. The van der Waals surface area contributed by atoms with Gasteiger partial charge in [-0.05, 0) is 12.1 Å². The highest BCUT2D eigenvalue weighted by molar-refractivity contribution is 6.19. The van der Waals surface area contributed by atoms with Gasteiger partial charge in [-0.25, -0.2) is 0 Å². The Kier molecular flexibility index (Phi) is 3.03. The molecule has 3 N–H and O–H groups in total. The summed E-state index contributed by atoms with van der Waals surface area (Å²) >= 11 is 0. The van der Waals surface area contributed by atoms with Crippen LogP contribution in [0.1, 0.15) is 33.6 Å². The van der Waals surface area contributed by atoms with E-state index in [1.54, 1.807) is 0 Å².